The Bertz CT molecular complexity index is 4710. The summed E-state index contributed by atoms with van der Waals surface area (Å²) in [5.41, 5.74) is 25.4. The minimum atomic E-state index is -4.64. The number of halogens is 3. The standard InChI is InChI=1S/C77H57F3N4/c1-44-23-45(2)28-58(27-44)53-11-19-71-67(37-53)68-38-54(59-29-46(3)24-47(4)30-59)12-20-72(68)83(71)75-35-52(42-81)9-16-65(75)66-17-10-57(64-18-15-63(77(78,79)80)36-62(64)43-82)41-76(66)84-73-21-13-55(60-31-48(5)25-49(6)32-60)39-69(73)70-40-56(14-22-74(70)84)61-33-50(7)26-51(8)34-61/h9-41H,1-8H3. The van der Waals surface area contributed by atoms with E-state index in [2.05, 4.69) is 222 Å². The predicted octanol–water partition coefficient (Wildman–Crippen LogP) is 21.1. The van der Waals surface area contributed by atoms with E-state index in [-0.39, 0.29) is 5.56 Å². The molecule has 0 radical (unpaired) electrons. The molecule has 11 aromatic carbocycles. The Hall–Kier alpha value is -10.2. The number of nitrogens with zero attached hydrogens (tertiary/aromatic N) is 4. The fraction of sp³-hybridized carbons (Fsp3) is 0.117. The SMILES string of the molecule is Cc1cc(C)cc(-c2ccc3c(c2)c2cc(-c4cc(C)cc(C)c4)ccc2n3-c2cc(C#N)ccc2-c2ccc(-c3ccc(C(F)(F)F)cc3C#N)cc2-n2c3ccc(-c4cc(C)cc(C)c4)cc3c3cc(-c4cc(C)cc(C)c4)ccc32)c1. The molecule has 0 spiro atoms. The molecule has 0 saturated heterocycles. The molecule has 13 aromatic rings. The van der Waals surface area contributed by atoms with E-state index >= 15 is 0 Å². The van der Waals surface area contributed by atoms with Crippen LogP contribution >= 0.6 is 0 Å². The molecule has 0 fully saturated rings. The van der Waals surface area contributed by atoms with Crippen LogP contribution in [0.5, 0.6) is 0 Å². The lowest BCUT2D eigenvalue weighted by Crippen LogP contribution is -2.05. The zero-order valence-corrected chi connectivity index (χ0v) is 48.0. The Morgan fingerprint density at radius 1 is 0.298 bits per heavy atom. The molecule has 406 valence electrons. The fourth-order valence-electron chi connectivity index (χ4n) is 13.0. The molecule has 2 aromatic heterocycles. The van der Waals surface area contributed by atoms with Gasteiger partial charge in [-0.25, -0.2) is 0 Å². The van der Waals surface area contributed by atoms with E-state index in [0.717, 1.165) is 145 Å². The van der Waals surface area contributed by atoms with E-state index < -0.39 is 11.7 Å². The largest absolute Gasteiger partial charge is 0.416 e. The summed E-state index contributed by atoms with van der Waals surface area (Å²) >= 11 is 0. The Labute approximate surface area is 487 Å². The normalized spacial score (nSPS) is 11.7. The van der Waals surface area contributed by atoms with Crippen LogP contribution in [0, 0.1) is 78.1 Å². The van der Waals surface area contributed by atoms with Crippen LogP contribution < -0.4 is 0 Å². The Balaban J connectivity index is 1.13. The van der Waals surface area contributed by atoms with Crippen molar-refractivity contribution >= 4 is 43.6 Å². The van der Waals surface area contributed by atoms with Crippen LogP contribution in [0.4, 0.5) is 13.2 Å². The van der Waals surface area contributed by atoms with Gasteiger partial charge >= 0.3 is 6.18 Å². The van der Waals surface area contributed by atoms with Crippen LogP contribution in [0.25, 0.3) is 122 Å². The van der Waals surface area contributed by atoms with Crippen LogP contribution in [0.2, 0.25) is 0 Å². The zero-order chi connectivity index (χ0) is 58.5. The van der Waals surface area contributed by atoms with Crippen molar-refractivity contribution in [1.29, 1.82) is 10.5 Å². The van der Waals surface area contributed by atoms with Crippen molar-refractivity contribution in [2.75, 3.05) is 0 Å². The molecular formula is C77H57F3N4. The summed E-state index contributed by atoms with van der Waals surface area (Å²) in [6, 6.07) is 72.7. The highest BCUT2D eigenvalue weighted by Gasteiger charge is 2.32. The molecular weight excluding hydrogens is 1040 g/mol. The molecule has 2 heterocycles. The highest BCUT2D eigenvalue weighted by molar-refractivity contribution is 6.14. The Kier molecular flexibility index (Phi) is 12.9. The minimum Gasteiger partial charge on any atom is -0.309 e. The van der Waals surface area contributed by atoms with Crippen LogP contribution in [0.3, 0.4) is 0 Å². The number of alkyl halides is 3. The number of hydrogen-bond acceptors (Lipinski definition) is 2. The third-order valence-corrected chi connectivity index (χ3v) is 16.4. The Morgan fingerprint density at radius 3 is 0.952 bits per heavy atom. The first-order valence-electron chi connectivity index (χ1n) is 28.2. The molecule has 84 heavy (non-hydrogen) atoms. The molecule has 0 aliphatic rings. The number of hydrogen-bond donors (Lipinski definition) is 0. The molecule has 0 unspecified atom stereocenters. The van der Waals surface area contributed by atoms with Gasteiger partial charge in [-0.05, 0) is 190 Å². The molecule has 7 heteroatoms. The van der Waals surface area contributed by atoms with E-state index in [1.165, 1.54) is 28.3 Å². The molecule has 4 nitrogen and oxygen atoms in total. The van der Waals surface area contributed by atoms with Gasteiger partial charge in [-0.3, -0.25) is 0 Å². The lowest BCUT2D eigenvalue weighted by molar-refractivity contribution is -0.137. The van der Waals surface area contributed by atoms with Crippen molar-refractivity contribution in [1.82, 2.24) is 9.13 Å². The van der Waals surface area contributed by atoms with Gasteiger partial charge in [0.15, 0.2) is 0 Å². The second-order valence-corrected chi connectivity index (χ2v) is 23.0. The van der Waals surface area contributed by atoms with Crippen LogP contribution in [0.15, 0.2) is 200 Å². The van der Waals surface area contributed by atoms with Crippen molar-refractivity contribution < 1.29 is 13.2 Å². The third kappa shape index (κ3) is 9.48. The molecule has 0 saturated carbocycles. The molecule has 0 bridgehead atoms. The van der Waals surface area contributed by atoms with Gasteiger partial charge in [0.2, 0.25) is 0 Å². The maximum Gasteiger partial charge on any atom is 0.416 e. The number of rotatable bonds is 8. The first-order chi connectivity index (χ1) is 40.4. The number of nitriles is 2. The molecule has 0 aliphatic carbocycles. The summed E-state index contributed by atoms with van der Waals surface area (Å²) in [6.07, 6.45) is -4.64. The lowest BCUT2D eigenvalue weighted by atomic mass is 9.93. The molecule has 0 atom stereocenters. The van der Waals surface area contributed by atoms with Gasteiger partial charge in [-0.15, -0.1) is 0 Å². The molecule has 13 rings (SSSR count). The van der Waals surface area contributed by atoms with Gasteiger partial charge in [0.05, 0.1) is 62.3 Å². The summed E-state index contributed by atoms with van der Waals surface area (Å²) in [5.74, 6) is 0. The molecule has 0 N–H and O–H groups in total. The first-order valence-corrected chi connectivity index (χ1v) is 28.2. The van der Waals surface area contributed by atoms with Gasteiger partial charge in [0.25, 0.3) is 0 Å². The van der Waals surface area contributed by atoms with E-state index in [1.807, 2.05) is 36.4 Å². The molecule has 0 amide bonds. The highest BCUT2D eigenvalue weighted by Crippen LogP contribution is 2.46. The predicted molar refractivity (Wildman–Crippen MR) is 340 cm³/mol. The van der Waals surface area contributed by atoms with Gasteiger partial charge < -0.3 is 9.13 Å². The van der Waals surface area contributed by atoms with Crippen LogP contribution in [0.1, 0.15) is 61.2 Å². The first kappa shape index (κ1) is 53.1. The van der Waals surface area contributed by atoms with Crippen molar-refractivity contribution in [3.63, 3.8) is 0 Å². The van der Waals surface area contributed by atoms with Crippen LogP contribution in [-0.2, 0) is 6.18 Å². The van der Waals surface area contributed by atoms with E-state index in [9.17, 15) is 23.7 Å². The smallest absolute Gasteiger partial charge is 0.309 e. The van der Waals surface area contributed by atoms with Gasteiger partial charge in [-0.1, -0.05) is 166 Å². The number of fused-ring (bicyclic) bond motifs is 6. The van der Waals surface area contributed by atoms with Gasteiger partial charge in [0.1, 0.15) is 0 Å². The van der Waals surface area contributed by atoms with Crippen LogP contribution in [-0.4, -0.2) is 9.13 Å². The summed E-state index contributed by atoms with van der Waals surface area (Å²) in [4.78, 5) is 0. The second kappa shape index (κ2) is 20.3. The van der Waals surface area contributed by atoms with E-state index in [0.29, 0.717) is 16.7 Å². The quantitative estimate of drug-likeness (QED) is 0.152. The van der Waals surface area contributed by atoms with Gasteiger partial charge in [0, 0.05) is 32.7 Å². The zero-order valence-electron chi connectivity index (χ0n) is 48.0. The lowest BCUT2D eigenvalue weighted by Gasteiger charge is -2.20. The summed E-state index contributed by atoms with van der Waals surface area (Å²) in [5, 5.41) is 25.5. The number of benzene rings is 11. The number of aromatic nitrogens is 2. The monoisotopic (exact) mass is 1090 g/mol. The minimum absolute atomic E-state index is 0.0911. The Morgan fingerprint density at radius 2 is 0.619 bits per heavy atom. The summed E-state index contributed by atoms with van der Waals surface area (Å²) < 4.78 is 47.4. The van der Waals surface area contributed by atoms with Crippen molar-refractivity contribution in [3.8, 4) is 90.3 Å². The average Bonchev–Trinajstić information content (AvgIpc) is 2.45. The maximum absolute atomic E-state index is 14.3. The van der Waals surface area contributed by atoms with Gasteiger partial charge in [-0.2, -0.15) is 23.7 Å². The second-order valence-electron chi connectivity index (χ2n) is 23.0. The van der Waals surface area contributed by atoms with Crippen molar-refractivity contribution in [2.45, 2.75) is 61.6 Å². The highest BCUT2D eigenvalue weighted by atomic mass is 19.4. The van der Waals surface area contributed by atoms with Crippen molar-refractivity contribution in [3.05, 3.63) is 261 Å². The summed E-state index contributed by atoms with van der Waals surface area (Å²) in [7, 11) is 0. The topological polar surface area (TPSA) is 57.4 Å². The maximum atomic E-state index is 14.3. The van der Waals surface area contributed by atoms with Crippen molar-refractivity contribution in [2.24, 2.45) is 0 Å². The summed E-state index contributed by atoms with van der Waals surface area (Å²) in [6.45, 7) is 17.0. The average molecular weight is 1100 g/mol. The number of aryl methyl sites for hydroxylation is 8. The third-order valence-electron chi connectivity index (χ3n) is 16.4. The fourth-order valence-corrected chi connectivity index (χ4v) is 13.0. The van der Waals surface area contributed by atoms with E-state index in [1.54, 1.807) is 0 Å². The molecule has 0 aliphatic heterocycles. The van der Waals surface area contributed by atoms with E-state index in [4.69, 9.17) is 0 Å².